The van der Waals surface area contributed by atoms with Crippen molar-refractivity contribution in [1.29, 1.82) is 0 Å². The Morgan fingerprint density at radius 2 is 2.19 bits per heavy atom. The van der Waals surface area contributed by atoms with Crippen molar-refractivity contribution in [3.05, 3.63) is 0 Å². The lowest BCUT2D eigenvalue weighted by atomic mass is 9.66. The van der Waals surface area contributed by atoms with Gasteiger partial charge in [-0.05, 0) is 30.6 Å². The van der Waals surface area contributed by atoms with Crippen LogP contribution in [0, 0.1) is 16.7 Å². The number of fused-ring (bicyclic) bond motifs is 2. The van der Waals surface area contributed by atoms with Gasteiger partial charge in [0, 0.05) is 18.3 Å². The van der Waals surface area contributed by atoms with Gasteiger partial charge >= 0.3 is 5.97 Å². The molecule has 0 heterocycles. The summed E-state index contributed by atoms with van der Waals surface area (Å²) in [5.74, 6) is 0.717. The second kappa shape index (κ2) is 3.57. The zero-order chi connectivity index (χ0) is 12.0. The summed E-state index contributed by atoms with van der Waals surface area (Å²) in [5, 5.41) is 0. The molecule has 0 aromatic carbocycles. The molecule has 2 aliphatic rings. The summed E-state index contributed by atoms with van der Waals surface area (Å²) in [6.07, 6.45) is 4.07. The van der Waals surface area contributed by atoms with Crippen LogP contribution in [0.5, 0.6) is 0 Å². The van der Waals surface area contributed by atoms with Crippen molar-refractivity contribution >= 4 is 11.8 Å². The first-order valence-corrected chi connectivity index (χ1v) is 6.04. The fourth-order valence-corrected chi connectivity index (χ4v) is 3.70. The van der Waals surface area contributed by atoms with E-state index in [1.165, 1.54) is 7.11 Å². The molecule has 0 radical (unpaired) electrons. The largest absolute Gasteiger partial charge is 0.469 e. The Morgan fingerprint density at radius 3 is 2.62 bits per heavy atom. The molecule has 2 saturated carbocycles. The van der Waals surface area contributed by atoms with Gasteiger partial charge in [-0.2, -0.15) is 0 Å². The highest BCUT2D eigenvalue weighted by atomic mass is 16.5. The third kappa shape index (κ3) is 1.33. The molecule has 0 N–H and O–H groups in total. The van der Waals surface area contributed by atoms with Gasteiger partial charge in [-0.3, -0.25) is 9.59 Å². The van der Waals surface area contributed by atoms with E-state index < -0.39 is 0 Å². The molecule has 3 atom stereocenters. The fourth-order valence-electron chi connectivity index (χ4n) is 3.70. The molecule has 16 heavy (non-hydrogen) atoms. The molecule has 2 rings (SSSR count). The van der Waals surface area contributed by atoms with Crippen LogP contribution in [-0.4, -0.2) is 18.9 Å². The van der Waals surface area contributed by atoms with E-state index >= 15 is 0 Å². The van der Waals surface area contributed by atoms with E-state index in [4.69, 9.17) is 0 Å². The topological polar surface area (TPSA) is 43.4 Å². The maximum Gasteiger partial charge on any atom is 0.305 e. The molecule has 3 nitrogen and oxygen atoms in total. The molecule has 0 amide bonds. The Balaban J connectivity index is 2.13. The van der Waals surface area contributed by atoms with Crippen molar-refractivity contribution in [1.82, 2.24) is 0 Å². The number of rotatable bonds is 3. The zero-order valence-corrected chi connectivity index (χ0v) is 10.3. The lowest BCUT2D eigenvalue weighted by Gasteiger charge is -2.36. The van der Waals surface area contributed by atoms with Crippen molar-refractivity contribution in [2.24, 2.45) is 16.7 Å². The Labute approximate surface area is 96.5 Å². The third-order valence-electron chi connectivity index (χ3n) is 5.28. The molecule has 0 aliphatic heterocycles. The standard InChI is InChI=1S/C13H20O3/c1-12(7-5-11(15)16-3)9-4-6-13(12,2)10(14)8-9/h9H,4-8H2,1-3H3/t9-,12+,13-/m0/s1. The monoisotopic (exact) mass is 224 g/mol. The van der Waals surface area contributed by atoms with E-state index in [1.54, 1.807) is 0 Å². The quantitative estimate of drug-likeness (QED) is 0.691. The average molecular weight is 224 g/mol. The first kappa shape index (κ1) is 11.6. The van der Waals surface area contributed by atoms with Crippen LogP contribution < -0.4 is 0 Å². The average Bonchev–Trinajstić information content (AvgIpc) is 2.61. The summed E-state index contributed by atoms with van der Waals surface area (Å²) in [6, 6.07) is 0. The van der Waals surface area contributed by atoms with Crippen molar-refractivity contribution in [3.63, 3.8) is 0 Å². The number of carbonyl (C=O) groups is 2. The second-order valence-electron chi connectivity index (χ2n) is 5.69. The van der Waals surface area contributed by atoms with Crippen molar-refractivity contribution < 1.29 is 14.3 Å². The van der Waals surface area contributed by atoms with Gasteiger partial charge in [0.15, 0.2) is 0 Å². The molecular formula is C13H20O3. The van der Waals surface area contributed by atoms with Crippen LogP contribution in [0.25, 0.3) is 0 Å². The number of esters is 1. The van der Waals surface area contributed by atoms with Gasteiger partial charge in [-0.25, -0.2) is 0 Å². The van der Waals surface area contributed by atoms with Gasteiger partial charge in [0.25, 0.3) is 0 Å². The summed E-state index contributed by atoms with van der Waals surface area (Å²) in [7, 11) is 1.42. The number of Topliss-reactive ketones (excluding diaryl/α,β-unsaturated/α-hetero) is 1. The number of carbonyl (C=O) groups excluding carboxylic acids is 2. The van der Waals surface area contributed by atoms with Gasteiger partial charge in [0.05, 0.1) is 7.11 Å². The molecule has 90 valence electrons. The fraction of sp³-hybridized carbons (Fsp3) is 0.846. The zero-order valence-electron chi connectivity index (χ0n) is 10.3. The summed E-state index contributed by atoms with van der Waals surface area (Å²) < 4.78 is 4.68. The smallest absolute Gasteiger partial charge is 0.305 e. The highest BCUT2D eigenvalue weighted by Crippen LogP contribution is 2.65. The maximum atomic E-state index is 12.0. The molecule has 3 heteroatoms. The number of methoxy groups -OCH3 is 1. The van der Waals surface area contributed by atoms with Crippen LogP contribution in [0.1, 0.15) is 46.0 Å². The van der Waals surface area contributed by atoms with Crippen molar-refractivity contribution in [3.8, 4) is 0 Å². The minimum atomic E-state index is -0.189. The maximum absolute atomic E-state index is 12.0. The lowest BCUT2D eigenvalue weighted by Crippen LogP contribution is -2.35. The SMILES string of the molecule is COC(=O)CC[C@]1(C)[C@H]2CC[C@@]1(C)C(=O)C2. The van der Waals surface area contributed by atoms with Crippen LogP contribution >= 0.6 is 0 Å². The number of ketones is 1. The van der Waals surface area contributed by atoms with Crippen molar-refractivity contribution in [2.45, 2.75) is 46.0 Å². The van der Waals surface area contributed by atoms with Crippen LogP contribution in [0.15, 0.2) is 0 Å². The predicted octanol–water partition coefficient (Wildman–Crippen LogP) is 2.33. The summed E-state index contributed by atoms with van der Waals surface area (Å²) in [4.78, 5) is 23.2. The molecule has 0 aromatic rings. The highest BCUT2D eigenvalue weighted by Gasteiger charge is 2.63. The minimum Gasteiger partial charge on any atom is -0.469 e. The second-order valence-corrected chi connectivity index (χ2v) is 5.69. The lowest BCUT2D eigenvalue weighted by molar-refractivity contribution is -0.142. The van der Waals surface area contributed by atoms with Gasteiger partial charge in [0.1, 0.15) is 5.78 Å². The summed E-state index contributed by atoms with van der Waals surface area (Å²) in [6.45, 7) is 4.26. The van der Waals surface area contributed by atoms with Crippen LogP contribution in [0.2, 0.25) is 0 Å². The van der Waals surface area contributed by atoms with E-state index in [9.17, 15) is 9.59 Å². The van der Waals surface area contributed by atoms with Crippen LogP contribution in [-0.2, 0) is 14.3 Å². The van der Waals surface area contributed by atoms with Gasteiger partial charge in [-0.15, -0.1) is 0 Å². The first-order valence-electron chi connectivity index (χ1n) is 6.04. The Morgan fingerprint density at radius 1 is 1.50 bits per heavy atom. The number of hydrogen-bond donors (Lipinski definition) is 0. The predicted molar refractivity (Wildman–Crippen MR) is 59.8 cm³/mol. The molecule has 2 bridgehead atoms. The molecule has 0 saturated heterocycles. The Kier molecular flexibility index (Phi) is 2.59. The molecule has 0 unspecified atom stereocenters. The first-order chi connectivity index (χ1) is 7.44. The van der Waals surface area contributed by atoms with E-state index in [0.717, 1.165) is 19.3 Å². The van der Waals surface area contributed by atoms with Gasteiger partial charge < -0.3 is 4.74 Å². The Bertz CT molecular complexity index is 336. The third-order valence-corrected chi connectivity index (χ3v) is 5.28. The van der Waals surface area contributed by atoms with Gasteiger partial charge in [-0.1, -0.05) is 13.8 Å². The highest BCUT2D eigenvalue weighted by molar-refractivity contribution is 5.89. The molecular weight excluding hydrogens is 204 g/mol. The van der Waals surface area contributed by atoms with Crippen LogP contribution in [0.4, 0.5) is 0 Å². The number of hydrogen-bond acceptors (Lipinski definition) is 3. The normalized spacial score (nSPS) is 41.4. The summed E-state index contributed by atoms with van der Waals surface area (Å²) in [5.41, 5.74) is -0.177. The molecule has 0 spiro atoms. The molecule has 2 aliphatic carbocycles. The van der Waals surface area contributed by atoms with E-state index in [2.05, 4.69) is 18.6 Å². The minimum absolute atomic E-state index is 0.0122. The van der Waals surface area contributed by atoms with E-state index in [1.807, 2.05) is 0 Å². The van der Waals surface area contributed by atoms with Gasteiger partial charge in [0.2, 0.25) is 0 Å². The molecule has 2 fully saturated rings. The van der Waals surface area contributed by atoms with E-state index in [-0.39, 0.29) is 16.8 Å². The van der Waals surface area contributed by atoms with Crippen molar-refractivity contribution in [2.75, 3.05) is 7.11 Å². The Hall–Kier alpha value is -0.860. The number of ether oxygens (including phenoxy) is 1. The molecule has 0 aromatic heterocycles. The van der Waals surface area contributed by atoms with Crippen LogP contribution in [0.3, 0.4) is 0 Å². The van der Waals surface area contributed by atoms with E-state index in [0.29, 0.717) is 24.5 Å². The summed E-state index contributed by atoms with van der Waals surface area (Å²) >= 11 is 0.